The van der Waals surface area contributed by atoms with Crippen molar-refractivity contribution in [1.29, 1.82) is 0 Å². The molecule has 1 aliphatic rings. The summed E-state index contributed by atoms with van der Waals surface area (Å²) in [4.78, 5) is 13.7. The SMILES string of the molecule is CC1CN(C(=O)OC(C)(C)C)CCC1CBr. The van der Waals surface area contributed by atoms with Gasteiger partial charge in [0.05, 0.1) is 0 Å². The van der Waals surface area contributed by atoms with E-state index in [1.807, 2.05) is 25.7 Å². The van der Waals surface area contributed by atoms with Gasteiger partial charge < -0.3 is 9.64 Å². The minimum absolute atomic E-state index is 0.174. The molecule has 0 aliphatic carbocycles. The highest BCUT2D eigenvalue weighted by atomic mass is 79.9. The zero-order valence-electron chi connectivity index (χ0n) is 10.6. The van der Waals surface area contributed by atoms with Crippen LogP contribution >= 0.6 is 15.9 Å². The van der Waals surface area contributed by atoms with Gasteiger partial charge in [-0.15, -0.1) is 0 Å². The van der Waals surface area contributed by atoms with Crippen molar-refractivity contribution >= 4 is 22.0 Å². The van der Waals surface area contributed by atoms with Crippen LogP contribution in [0.25, 0.3) is 0 Å². The molecule has 16 heavy (non-hydrogen) atoms. The Balaban J connectivity index is 2.48. The lowest BCUT2D eigenvalue weighted by Crippen LogP contribution is -2.45. The Bertz CT molecular complexity index is 250. The van der Waals surface area contributed by atoms with Crippen LogP contribution in [-0.2, 0) is 4.74 Å². The number of amides is 1. The van der Waals surface area contributed by atoms with E-state index in [2.05, 4.69) is 22.9 Å². The summed E-state index contributed by atoms with van der Waals surface area (Å²) in [6.07, 6.45) is 0.887. The number of halogens is 1. The molecule has 1 fully saturated rings. The van der Waals surface area contributed by atoms with Crippen molar-refractivity contribution < 1.29 is 9.53 Å². The topological polar surface area (TPSA) is 29.5 Å². The number of rotatable bonds is 1. The van der Waals surface area contributed by atoms with Crippen molar-refractivity contribution in [3.8, 4) is 0 Å². The number of carbonyl (C=O) groups is 1. The number of hydrogen-bond donors (Lipinski definition) is 0. The molecule has 3 nitrogen and oxygen atoms in total. The summed E-state index contributed by atoms with van der Waals surface area (Å²) < 4.78 is 5.37. The van der Waals surface area contributed by atoms with E-state index >= 15 is 0 Å². The Labute approximate surface area is 107 Å². The van der Waals surface area contributed by atoms with Crippen LogP contribution in [0.4, 0.5) is 4.79 Å². The van der Waals surface area contributed by atoms with Gasteiger partial charge in [-0.2, -0.15) is 0 Å². The summed E-state index contributed by atoms with van der Waals surface area (Å²) in [5, 5.41) is 1.02. The molecule has 0 aromatic carbocycles. The van der Waals surface area contributed by atoms with Crippen LogP contribution in [0.5, 0.6) is 0 Å². The molecule has 1 rings (SSSR count). The molecule has 0 radical (unpaired) electrons. The molecule has 1 amide bonds. The molecule has 2 atom stereocenters. The molecule has 1 heterocycles. The maximum atomic E-state index is 11.8. The van der Waals surface area contributed by atoms with Gasteiger partial charge in [-0.25, -0.2) is 4.79 Å². The van der Waals surface area contributed by atoms with E-state index in [4.69, 9.17) is 4.74 Å². The maximum absolute atomic E-state index is 11.8. The number of likely N-dealkylation sites (tertiary alicyclic amines) is 1. The minimum Gasteiger partial charge on any atom is -0.444 e. The molecule has 2 unspecified atom stereocenters. The van der Waals surface area contributed by atoms with Crippen molar-refractivity contribution in [3.05, 3.63) is 0 Å². The zero-order chi connectivity index (χ0) is 12.3. The van der Waals surface area contributed by atoms with Gasteiger partial charge in [0.25, 0.3) is 0 Å². The van der Waals surface area contributed by atoms with Crippen molar-refractivity contribution in [2.75, 3.05) is 18.4 Å². The van der Waals surface area contributed by atoms with E-state index in [1.54, 1.807) is 0 Å². The van der Waals surface area contributed by atoms with Gasteiger partial charge in [-0.1, -0.05) is 22.9 Å². The van der Waals surface area contributed by atoms with Gasteiger partial charge in [-0.05, 0) is 39.0 Å². The third-order valence-electron chi connectivity index (χ3n) is 2.93. The average Bonchev–Trinajstić information content (AvgIpc) is 2.15. The first kappa shape index (κ1) is 13.8. The smallest absolute Gasteiger partial charge is 0.410 e. The second kappa shape index (κ2) is 5.39. The lowest BCUT2D eigenvalue weighted by Gasteiger charge is -2.36. The third-order valence-corrected chi connectivity index (χ3v) is 3.76. The average molecular weight is 292 g/mol. The maximum Gasteiger partial charge on any atom is 0.410 e. The fraction of sp³-hybridized carbons (Fsp3) is 0.917. The van der Waals surface area contributed by atoms with Gasteiger partial charge >= 0.3 is 6.09 Å². The van der Waals surface area contributed by atoms with Crippen LogP contribution in [0.15, 0.2) is 0 Å². The monoisotopic (exact) mass is 291 g/mol. The van der Waals surface area contributed by atoms with Gasteiger partial charge in [0.1, 0.15) is 5.60 Å². The molecule has 0 aromatic heterocycles. The molecule has 1 aliphatic heterocycles. The van der Waals surface area contributed by atoms with Gasteiger partial charge in [0.15, 0.2) is 0 Å². The van der Waals surface area contributed by atoms with E-state index < -0.39 is 5.60 Å². The Morgan fingerprint density at radius 1 is 1.50 bits per heavy atom. The predicted molar refractivity (Wildman–Crippen MR) is 68.9 cm³/mol. The van der Waals surface area contributed by atoms with E-state index in [0.29, 0.717) is 11.8 Å². The number of ether oxygens (including phenoxy) is 1. The molecule has 0 spiro atoms. The van der Waals surface area contributed by atoms with Crippen molar-refractivity contribution in [2.24, 2.45) is 11.8 Å². The minimum atomic E-state index is -0.396. The zero-order valence-corrected chi connectivity index (χ0v) is 12.2. The Kier molecular flexibility index (Phi) is 4.65. The van der Waals surface area contributed by atoms with Gasteiger partial charge in [0.2, 0.25) is 0 Å². The standard InChI is InChI=1S/C12H22BrNO2/c1-9-8-14(6-5-10(9)7-13)11(15)16-12(2,3)4/h9-10H,5-8H2,1-4H3. The summed E-state index contributed by atoms with van der Waals surface area (Å²) in [5.41, 5.74) is -0.396. The summed E-state index contributed by atoms with van der Waals surface area (Å²) in [6.45, 7) is 9.53. The molecule has 94 valence electrons. The molecule has 0 bridgehead atoms. The highest BCUT2D eigenvalue weighted by molar-refractivity contribution is 9.09. The van der Waals surface area contributed by atoms with Crippen molar-refractivity contribution in [2.45, 2.75) is 39.7 Å². The van der Waals surface area contributed by atoms with Crippen LogP contribution < -0.4 is 0 Å². The summed E-state index contributed by atoms with van der Waals surface area (Å²) in [5.74, 6) is 1.22. The van der Waals surface area contributed by atoms with Crippen molar-refractivity contribution in [1.82, 2.24) is 4.90 Å². The first-order valence-corrected chi connectivity index (χ1v) is 6.99. The number of carbonyl (C=O) groups excluding carboxylic acids is 1. The highest BCUT2D eigenvalue weighted by Gasteiger charge is 2.30. The van der Waals surface area contributed by atoms with E-state index in [-0.39, 0.29) is 6.09 Å². The molecule has 1 saturated heterocycles. The second-order valence-corrected chi connectivity index (χ2v) is 6.25. The lowest BCUT2D eigenvalue weighted by molar-refractivity contribution is 0.0131. The van der Waals surface area contributed by atoms with Crippen molar-refractivity contribution in [3.63, 3.8) is 0 Å². The molecule has 4 heteroatoms. The molecular weight excluding hydrogens is 270 g/mol. The van der Waals surface area contributed by atoms with Crippen LogP contribution in [0.1, 0.15) is 34.1 Å². The van der Waals surface area contributed by atoms with Crippen LogP contribution in [0, 0.1) is 11.8 Å². The number of nitrogens with zero attached hydrogens (tertiary/aromatic N) is 1. The van der Waals surface area contributed by atoms with Crippen LogP contribution in [0.3, 0.4) is 0 Å². The third kappa shape index (κ3) is 3.96. The lowest BCUT2D eigenvalue weighted by atomic mass is 9.89. The summed E-state index contributed by atoms with van der Waals surface area (Å²) in [6, 6.07) is 0. The Morgan fingerprint density at radius 2 is 2.12 bits per heavy atom. The number of alkyl halides is 1. The predicted octanol–water partition coefficient (Wildman–Crippen LogP) is 3.27. The summed E-state index contributed by atoms with van der Waals surface area (Å²) >= 11 is 3.52. The largest absolute Gasteiger partial charge is 0.444 e. The quantitative estimate of drug-likeness (QED) is 0.694. The fourth-order valence-electron chi connectivity index (χ4n) is 1.92. The van der Waals surface area contributed by atoms with Gasteiger partial charge in [-0.3, -0.25) is 0 Å². The van der Waals surface area contributed by atoms with Crippen LogP contribution in [-0.4, -0.2) is 35.0 Å². The highest BCUT2D eigenvalue weighted by Crippen LogP contribution is 2.25. The fourth-order valence-corrected chi connectivity index (χ4v) is 2.88. The number of hydrogen-bond acceptors (Lipinski definition) is 2. The van der Waals surface area contributed by atoms with E-state index in [0.717, 1.165) is 24.8 Å². The molecule has 0 N–H and O–H groups in total. The molecular formula is C12H22BrNO2. The van der Waals surface area contributed by atoms with E-state index in [1.165, 1.54) is 0 Å². The van der Waals surface area contributed by atoms with Gasteiger partial charge in [0, 0.05) is 18.4 Å². The Hall–Kier alpha value is -0.250. The number of piperidine rings is 1. The first-order valence-electron chi connectivity index (χ1n) is 5.87. The van der Waals surface area contributed by atoms with E-state index in [9.17, 15) is 4.79 Å². The summed E-state index contributed by atoms with van der Waals surface area (Å²) in [7, 11) is 0. The first-order chi connectivity index (χ1) is 7.33. The Morgan fingerprint density at radius 3 is 2.56 bits per heavy atom. The second-order valence-electron chi connectivity index (χ2n) is 5.61. The molecule has 0 aromatic rings. The van der Waals surface area contributed by atoms with Crippen LogP contribution in [0.2, 0.25) is 0 Å². The molecule has 0 saturated carbocycles. The normalized spacial score (nSPS) is 26.7.